The van der Waals surface area contributed by atoms with Crippen LogP contribution in [0.4, 0.5) is 10.1 Å². The number of nitrogens with one attached hydrogen (secondary N) is 3. The Bertz CT molecular complexity index is 1770. The summed E-state index contributed by atoms with van der Waals surface area (Å²) in [5, 5.41) is 12.3. The van der Waals surface area contributed by atoms with Gasteiger partial charge in [0.1, 0.15) is 16.9 Å². The number of halogens is 1. The number of fused-ring (bicyclic) bond motifs is 2. The number of nitrogens with zero attached hydrogens (tertiary/aromatic N) is 5. The maximum atomic E-state index is 15.9. The van der Waals surface area contributed by atoms with Gasteiger partial charge in [0, 0.05) is 34.3 Å². The number of rotatable bonds is 5. The average Bonchev–Trinajstić information content (AvgIpc) is 3.27. The monoisotopic (exact) mass is 496 g/mol. The second-order valence-corrected chi connectivity index (χ2v) is 9.57. The van der Waals surface area contributed by atoms with Crippen molar-refractivity contribution in [2.75, 3.05) is 5.32 Å². The highest BCUT2D eigenvalue weighted by molar-refractivity contribution is 7.13. The fourth-order valence-electron chi connectivity index (χ4n) is 4.23. The fraction of sp³-hybridized carbons (Fsp3) is 0.120. The first kappa shape index (κ1) is 20.8. The van der Waals surface area contributed by atoms with Crippen molar-refractivity contribution in [3.63, 3.8) is 0 Å². The van der Waals surface area contributed by atoms with Crippen LogP contribution in [0.2, 0.25) is 0 Å². The molecule has 0 unspecified atom stereocenters. The molecule has 0 aromatic carbocycles. The Balaban J connectivity index is 1.32. The Morgan fingerprint density at radius 3 is 2.89 bits per heavy atom. The van der Waals surface area contributed by atoms with Crippen LogP contribution in [0.15, 0.2) is 54.4 Å². The lowest BCUT2D eigenvalue weighted by molar-refractivity contribution is -0.117. The van der Waals surface area contributed by atoms with Crippen molar-refractivity contribution in [1.82, 2.24) is 35.1 Å². The number of imidazole rings is 1. The number of pyridine rings is 3. The molecule has 11 heteroatoms. The number of aromatic amines is 2. The number of thiophene rings is 1. The predicted molar refractivity (Wildman–Crippen MR) is 135 cm³/mol. The SMILES string of the molecule is O=C(Nc1cncc(-c2ncc3[nH]nc(-c4nc5c(-c6cccs6)ccnc5[nH]4)c3c2F)c1)C1CC1. The number of aromatic nitrogens is 7. The van der Waals surface area contributed by atoms with Crippen LogP contribution in [0.3, 0.4) is 0 Å². The topological polar surface area (TPSA) is 125 Å². The van der Waals surface area contributed by atoms with Crippen molar-refractivity contribution < 1.29 is 9.18 Å². The van der Waals surface area contributed by atoms with Crippen molar-refractivity contribution in [3.05, 3.63) is 60.3 Å². The van der Waals surface area contributed by atoms with Gasteiger partial charge in [0.2, 0.25) is 5.91 Å². The zero-order chi connectivity index (χ0) is 24.2. The molecule has 0 aliphatic heterocycles. The summed E-state index contributed by atoms with van der Waals surface area (Å²) >= 11 is 1.61. The van der Waals surface area contributed by atoms with E-state index in [1.54, 1.807) is 23.6 Å². The Morgan fingerprint density at radius 1 is 1.14 bits per heavy atom. The molecule has 0 spiro atoms. The lowest BCUT2D eigenvalue weighted by atomic mass is 10.1. The first-order chi connectivity index (χ1) is 17.7. The van der Waals surface area contributed by atoms with E-state index < -0.39 is 5.82 Å². The van der Waals surface area contributed by atoms with Crippen molar-refractivity contribution in [2.24, 2.45) is 5.92 Å². The molecule has 1 saturated carbocycles. The Labute approximate surface area is 206 Å². The van der Waals surface area contributed by atoms with Crippen LogP contribution in [0, 0.1) is 11.7 Å². The van der Waals surface area contributed by atoms with E-state index in [1.165, 1.54) is 18.6 Å². The van der Waals surface area contributed by atoms with Gasteiger partial charge in [0.15, 0.2) is 17.3 Å². The smallest absolute Gasteiger partial charge is 0.227 e. The summed E-state index contributed by atoms with van der Waals surface area (Å²) in [5.41, 5.74) is 4.03. The third-order valence-electron chi connectivity index (χ3n) is 6.17. The number of carbonyl (C=O) groups excluding carboxylic acids is 1. The summed E-state index contributed by atoms with van der Waals surface area (Å²) in [6.45, 7) is 0. The average molecular weight is 497 g/mol. The van der Waals surface area contributed by atoms with E-state index in [2.05, 4.69) is 35.5 Å². The first-order valence-electron chi connectivity index (χ1n) is 11.3. The van der Waals surface area contributed by atoms with Crippen LogP contribution in [-0.2, 0) is 4.79 Å². The molecule has 7 rings (SSSR count). The van der Waals surface area contributed by atoms with Crippen LogP contribution in [-0.4, -0.2) is 41.0 Å². The third-order valence-corrected chi connectivity index (χ3v) is 7.07. The van der Waals surface area contributed by atoms with E-state index in [1.807, 2.05) is 23.6 Å². The first-order valence-corrected chi connectivity index (χ1v) is 12.2. The van der Waals surface area contributed by atoms with Gasteiger partial charge >= 0.3 is 0 Å². The number of anilines is 1. The highest BCUT2D eigenvalue weighted by atomic mass is 32.1. The molecular formula is C25H17FN8OS. The highest BCUT2D eigenvalue weighted by Crippen LogP contribution is 2.35. The van der Waals surface area contributed by atoms with Gasteiger partial charge in [-0.3, -0.25) is 19.9 Å². The molecule has 1 amide bonds. The number of hydrogen-bond acceptors (Lipinski definition) is 7. The van der Waals surface area contributed by atoms with E-state index in [9.17, 15) is 4.79 Å². The van der Waals surface area contributed by atoms with Gasteiger partial charge in [-0.15, -0.1) is 11.3 Å². The summed E-state index contributed by atoms with van der Waals surface area (Å²) in [4.78, 5) is 34.0. The minimum absolute atomic E-state index is 0.0460. The zero-order valence-corrected chi connectivity index (χ0v) is 19.4. The van der Waals surface area contributed by atoms with Gasteiger partial charge in [-0.25, -0.2) is 14.4 Å². The van der Waals surface area contributed by atoms with E-state index >= 15 is 4.39 Å². The Hall–Kier alpha value is -4.51. The molecule has 0 radical (unpaired) electrons. The predicted octanol–water partition coefficient (Wildman–Crippen LogP) is 5.17. The molecule has 3 N–H and O–H groups in total. The minimum Gasteiger partial charge on any atom is -0.324 e. The van der Waals surface area contributed by atoms with Crippen molar-refractivity contribution >= 4 is 45.0 Å². The van der Waals surface area contributed by atoms with Gasteiger partial charge in [0.25, 0.3) is 0 Å². The summed E-state index contributed by atoms with van der Waals surface area (Å²) in [5.74, 6) is -0.162. The molecule has 6 aromatic rings. The standard InChI is InChI=1S/C25H17FN8OS/c26-19-18-16(11-29-20(19)13-8-14(10-27-9-13)30-25(35)12-3-4-12)33-34-22(18)24-31-21-15(17-2-1-7-36-17)5-6-28-23(21)32-24/h1-2,5-12H,3-4H2,(H,30,35)(H,33,34)(H,28,31,32). The molecule has 6 heterocycles. The van der Waals surface area contributed by atoms with Crippen LogP contribution < -0.4 is 5.32 Å². The molecule has 0 atom stereocenters. The minimum atomic E-state index is -0.560. The molecule has 176 valence electrons. The molecule has 1 aliphatic rings. The number of H-pyrrole nitrogens is 2. The largest absolute Gasteiger partial charge is 0.324 e. The van der Waals surface area contributed by atoms with E-state index in [-0.39, 0.29) is 22.9 Å². The van der Waals surface area contributed by atoms with Crippen LogP contribution in [0.5, 0.6) is 0 Å². The summed E-state index contributed by atoms with van der Waals surface area (Å²) < 4.78 is 15.9. The molecule has 1 fully saturated rings. The van der Waals surface area contributed by atoms with Gasteiger partial charge < -0.3 is 10.3 Å². The Kier molecular flexibility index (Phi) is 4.64. The van der Waals surface area contributed by atoms with Gasteiger partial charge in [0.05, 0.1) is 29.0 Å². The highest BCUT2D eigenvalue weighted by Gasteiger charge is 2.29. The van der Waals surface area contributed by atoms with Gasteiger partial charge in [-0.2, -0.15) is 5.10 Å². The summed E-state index contributed by atoms with van der Waals surface area (Å²) in [6.07, 6.45) is 8.07. The van der Waals surface area contributed by atoms with Crippen molar-refractivity contribution in [3.8, 4) is 33.2 Å². The van der Waals surface area contributed by atoms with E-state index in [0.717, 1.165) is 23.3 Å². The van der Waals surface area contributed by atoms with E-state index in [4.69, 9.17) is 4.98 Å². The normalized spacial score (nSPS) is 13.5. The summed E-state index contributed by atoms with van der Waals surface area (Å²) in [7, 11) is 0. The third kappa shape index (κ3) is 3.43. The van der Waals surface area contributed by atoms with E-state index in [0.29, 0.717) is 39.4 Å². The number of amides is 1. The molecule has 9 nitrogen and oxygen atoms in total. The van der Waals surface area contributed by atoms with Crippen LogP contribution >= 0.6 is 11.3 Å². The fourth-order valence-corrected chi connectivity index (χ4v) is 4.98. The molecule has 1 aliphatic carbocycles. The Morgan fingerprint density at radius 2 is 2.06 bits per heavy atom. The van der Waals surface area contributed by atoms with Crippen LogP contribution in [0.25, 0.3) is 55.3 Å². The van der Waals surface area contributed by atoms with Gasteiger partial charge in [-0.1, -0.05) is 6.07 Å². The lowest BCUT2D eigenvalue weighted by Crippen LogP contribution is -2.13. The molecular weight excluding hydrogens is 479 g/mol. The van der Waals surface area contributed by atoms with Crippen LogP contribution in [0.1, 0.15) is 12.8 Å². The molecule has 0 saturated heterocycles. The van der Waals surface area contributed by atoms with Crippen molar-refractivity contribution in [1.29, 1.82) is 0 Å². The molecule has 0 bridgehead atoms. The number of carbonyl (C=O) groups is 1. The lowest BCUT2D eigenvalue weighted by Gasteiger charge is -2.07. The quantitative estimate of drug-likeness (QED) is 0.302. The number of hydrogen-bond donors (Lipinski definition) is 3. The molecule has 6 aromatic heterocycles. The van der Waals surface area contributed by atoms with Gasteiger partial charge in [-0.05, 0) is 36.4 Å². The summed E-state index contributed by atoms with van der Waals surface area (Å²) in [6, 6.07) is 7.57. The maximum Gasteiger partial charge on any atom is 0.227 e. The maximum absolute atomic E-state index is 15.9. The second kappa shape index (κ2) is 8.02. The van der Waals surface area contributed by atoms with Crippen molar-refractivity contribution in [2.45, 2.75) is 12.8 Å². The second-order valence-electron chi connectivity index (χ2n) is 8.63. The molecule has 36 heavy (non-hydrogen) atoms. The zero-order valence-electron chi connectivity index (χ0n) is 18.6.